The maximum atomic E-state index is 10.9. The smallest absolute Gasteiger partial charge is 0.250 e. The molecule has 0 radical (unpaired) electrons. The van der Waals surface area contributed by atoms with Crippen LogP contribution < -0.4 is 0 Å². The number of rotatable bonds is 3. The Morgan fingerprint density at radius 3 is 3.00 bits per heavy atom. The first kappa shape index (κ1) is 12.1. The summed E-state index contributed by atoms with van der Waals surface area (Å²) in [6, 6.07) is 0. The molecule has 7 heteroatoms. The monoisotopic (exact) mass is 271 g/mol. The number of nitro groups is 1. The average molecular weight is 272 g/mol. The van der Waals surface area contributed by atoms with Gasteiger partial charge in [0, 0.05) is 23.6 Å². The Balaban J connectivity index is 2.59. The van der Waals surface area contributed by atoms with Crippen molar-refractivity contribution in [3.63, 3.8) is 0 Å². The van der Waals surface area contributed by atoms with Crippen LogP contribution in [0, 0.1) is 16.0 Å². The Morgan fingerprint density at radius 1 is 1.71 bits per heavy atom. The van der Waals surface area contributed by atoms with Crippen LogP contribution in [-0.4, -0.2) is 14.3 Å². The van der Waals surface area contributed by atoms with Crippen molar-refractivity contribution in [2.45, 2.75) is 13.8 Å². The van der Waals surface area contributed by atoms with E-state index in [1.165, 1.54) is 17.4 Å². The van der Waals surface area contributed by atoms with E-state index >= 15 is 0 Å². The van der Waals surface area contributed by atoms with E-state index in [9.17, 15) is 10.1 Å². The summed E-state index contributed by atoms with van der Waals surface area (Å²) in [6.45, 7) is 3.54. The summed E-state index contributed by atoms with van der Waals surface area (Å²) in [5, 5.41) is 13.1. The highest BCUT2D eigenvalue weighted by Crippen LogP contribution is 2.25. The third kappa shape index (κ3) is 2.18. The highest BCUT2D eigenvalue weighted by atomic mass is 35.5. The number of halogens is 1. The summed E-state index contributed by atoms with van der Waals surface area (Å²) in [5.74, 6) is -0.176. The number of hydrogen-bond acceptors (Lipinski definition) is 4. The Hall–Kier alpha value is -1.40. The fourth-order valence-electron chi connectivity index (χ4n) is 1.48. The molecule has 0 unspecified atom stereocenters. The SMILES string of the molecule is CC(C)/C(=C/c1c(Cl)nc2sccn12)[N+](=O)[O-]. The molecule has 0 saturated heterocycles. The van der Waals surface area contributed by atoms with Crippen LogP contribution in [0.1, 0.15) is 19.5 Å². The van der Waals surface area contributed by atoms with Crippen LogP contribution >= 0.6 is 22.9 Å². The lowest BCUT2D eigenvalue weighted by molar-refractivity contribution is -0.431. The molecule has 0 aromatic carbocycles. The van der Waals surface area contributed by atoms with Gasteiger partial charge in [-0.2, -0.15) is 0 Å². The number of allylic oxidation sites excluding steroid dienone is 1. The summed E-state index contributed by atoms with van der Waals surface area (Å²) in [7, 11) is 0. The minimum atomic E-state index is -0.382. The lowest BCUT2D eigenvalue weighted by Gasteiger charge is -2.01. The third-order valence-corrected chi connectivity index (χ3v) is 3.38. The van der Waals surface area contributed by atoms with Gasteiger partial charge in [-0.05, 0) is 0 Å². The van der Waals surface area contributed by atoms with E-state index in [0.717, 1.165) is 4.96 Å². The number of fused-ring (bicyclic) bond motifs is 1. The number of nitrogens with zero attached hydrogens (tertiary/aromatic N) is 3. The van der Waals surface area contributed by atoms with Crippen LogP contribution in [0.2, 0.25) is 5.15 Å². The second-order valence-electron chi connectivity index (χ2n) is 3.82. The van der Waals surface area contributed by atoms with Crippen molar-refractivity contribution in [2.75, 3.05) is 0 Å². The molecule has 5 nitrogen and oxygen atoms in total. The molecule has 90 valence electrons. The Labute approximate surface area is 107 Å². The number of aromatic nitrogens is 2. The topological polar surface area (TPSA) is 60.4 Å². The first-order valence-electron chi connectivity index (χ1n) is 4.97. The average Bonchev–Trinajstić information content (AvgIpc) is 2.74. The molecule has 2 aromatic rings. The molecule has 0 saturated carbocycles. The minimum Gasteiger partial charge on any atom is -0.289 e. The molecule has 0 fully saturated rings. The number of hydrogen-bond donors (Lipinski definition) is 0. The fourth-order valence-corrected chi connectivity index (χ4v) is 2.47. The van der Waals surface area contributed by atoms with Gasteiger partial charge in [0.15, 0.2) is 10.1 Å². The maximum Gasteiger partial charge on any atom is 0.250 e. The lowest BCUT2D eigenvalue weighted by Crippen LogP contribution is -2.05. The van der Waals surface area contributed by atoms with Crippen LogP contribution in [0.4, 0.5) is 0 Å². The van der Waals surface area contributed by atoms with E-state index in [4.69, 9.17) is 11.6 Å². The van der Waals surface area contributed by atoms with Crippen LogP contribution in [0.25, 0.3) is 11.0 Å². The van der Waals surface area contributed by atoms with E-state index in [1.807, 2.05) is 5.38 Å². The van der Waals surface area contributed by atoms with Gasteiger partial charge in [0.1, 0.15) is 0 Å². The standard InChI is InChI=1S/C10H10ClN3O2S/c1-6(2)7(14(15)16)5-8-9(11)12-10-13(8)3-4-17-10/h3-6H,1-2H3/b7-5-. The molecule has 0 aliphatic rings. The molecule has 0 bridgehead atoms. The summed E-state index contributed by atoms with van der Waals surface area (Å²) < 4.78 is 1.75. The Bertz CT molecular complexity index is 600. The number of imidazole rings is 1. The first-order chi connectivity index (χ1) is 8.00. The van der Waals surface area contributed by atoms with Crippen LogP contribution in [0.15, 0.2) is 17.3 Å². The van der Waals surface area contributed by atoms with Gasteiger partial charge in [-0.25, -0.2) is 4.98 Å². The molecule has 0 N–H and O–H groups in total. The van der Waals surface area contributed by atoms with Gasteiger partial charge in [0.05, 0.1) is 10.6 Å². The van der Waals surface area contributed by atoms with Crippen molar-refractivity contribution in [2.24, 2.45) is 5.92 Å². The molecular formula is C10H10ClN3O2S. The van der Waals surface area contributed by atoms with Crippen LogP contribution in [0.5, 0.6) is 0 Å². The molecule has 17 heavy (non-hydrogen) atoms. The molecule has 2 aromatic heterocycles. The Kier molecular flexibility index (Phi) is 3.17. The van der Waals surface area contributed by atoms with Crippen molar-refractivity contribution in [1.29, 1.82) is 0 Å². The van der Waals surface area contributed by atoms with Gasteiger partial charge >= 0.3 is 0 Å². The molecule has 0 atom stereocenters. The molecule has 0 spiro atoms. The van der Waals surface area contributed by atoms with Crippen molar-refractivity contribution >= 4 is 34.0 Å². The fraction of sp³-hybridized carbons (Fsp3) is 0.300. The van der Waals surface area contributed by atoms with E-state index in [0.29, 0.717) is 5.69 Å². The number of thiazole rings is 1. The predicted molar refractivity (Wildman–Crippen MR) is 67.9 cm³/mol. The van der Waals surface area contributed by atoms with Crippen molar-refractivity contribution < 1.29 is 4.92 Å². The first-order valence-corrected chi connectivity index (χ1v) is 6.23. The summed E-state index contributed by atoms with van der Waals surface area (Å²) in [5.41, 5.74) is 0.684. The van der Waals surface area contributed by atoms with Crippen molar-refractivity contribution in [3.8, 4) is 0 Å². The summed E-state index contributed by atoms with van der Waals surface area (Å²) in [6.07, 6.45) is 3.28. The molecule has 2 heterocycles. The zero-order valence-corrected chi connectivity index (χ0v) is 10.8. The van der Waals surface area contributed by atoms with Gasteiger partial charge in [0.25, 0.3) is 5.70 Å². The normalized spacial score (nSPS) is 12.6. The molecular weight excluding hydrogens is 262 g/mol. The van der Waals surface area contributed by atoms with Gasteiger partial charge in [-0.3, -0.25) is 14.5 Å². The third-order valence-electron chi connectivity index (χ3n) is 2.34. The molecule has 0 amide bonds. The minimum absolute atomic E-state index is 0.125. The zero-order valence-electron chi connectivity index (χ0n) is 9.25. The van der Waals surface area contributed by atoms with Crippen molar-refractivity contribution in [3.05, 3.63) is 38.2 Å². The Morgan fingerprint density at radius 2 is 2.41 bits per heavy atom. The van der Waals surface area contributed by atoms with Crippen LogP contribution in [0.3, 0.4) is 0 Å². The zero-order chi connectivity index (χ0) is 12.6. The summed E-state index contributed by atoms with van der Waals surface area (Å²) >= 11 is 7.40. The van der Waals surface area contributed by atoms with E-state index in [-0.39, 0.29) is 21.7 Å². The quantitative estimate of drug-likeness (QED) is 0.635. The summed E-state index contributed by atoms with van der Waals surface area (Å²) in [4.78, 5) is 15.4. The van der Waals surface area contributed by atoms with Crippen molar-refractivity contribution in [1.82, 2.24) is 9.38 Å². The largest absolute Gasteiger partial charge is 0.289 e. The van der Waals surface area contributed by atoms with E-state index in [1.54, 1.807) is 24.4 Å². The van der Waals surface area contributed by atoms with Gasteiger partial charge in [0.2, 0.25) is 0 Å². The van der Waals surface area contributed by atoms with E-state index < -0.39 is 0 Å². The van der Waals surface area contributed by atoms with Crippen LogP contribution in [-0.2, 0) is 0 Å². The van der Waals surface area contributed by atoms with Gasteiger partial charge in [-0.1, -0.05) is 25.4 Å². The molecule has 0 aliphatic heterocycles. The second-order valence-corrected chi connectivity index (χ2v) is 5.06. The highest BCUT2D eigenvalue weighted by molar-refractivity contribution is 7.15. The van der Waals surface area contributed by atoms with Gasteiger partial charge < -0.3 is 0 Å². The second kappa shape index (κ2) is 4.46. The predicted octanol–water partition coefficient (Wildman–Crippen LogP) is 3.32. The van der Waals surface area contributed by atoms with Gasteiger partial charge in [-0.15, -0.1) is 11.3 Å². The highest BCUT2D eigenvalue weighted by Gasteiger charge is 2.19. The van der Waals surface area contributed by atoms with E-state index in [2.05, 4.69) is 4.98 Å². The molecule has 0 aliphatic carbocycles. The lowest BCUT2D eigenvalue weighted by atomic mass is 10.1. The maximum absolute atomic E-state index is 10.9. The molecule has 2 rings (SSSR count).